The molecule has 1 unspecified atom stereocenters. The van der Waals surface area contributed by atoms with Crippen molar-refractivity contribution < 1.29 is 9.47 Å². The fraction of sp³-hybridized carbons (Fsp3) is 0.500. The van der Waals surface area contributed by atoms with E-state index in [4.69, 9.17) is 21.6 Å². The molecular formula is C16H23NO2. The molecule has 0 fully saturated rings. The number of hydrogen-bond acceptors (Lipinski definition) is 3. The molecule has 2 N–H and O–H groups in total. The molecule has 0 radical (unpaired) electrons. The van der Waals surface area contributed by atoms with Crippen LogP contribution in [0.4, 0.5) is 0 Å². The maximum Gasteiger partial charge on any atom is 0.126 e. The van der Waals surface area contributed by atoms with Gasteiger partial charge in [0.1, 0.15) is 11.5 Å². The van der Waals surface area contributed by atoms with Crippen LogP contribution in [0.1, 0.15) is 32.3 Å². The third-order valence-electron chi connectivity index (χ3n) is 2.56. The fourth-order valence-corrected chi connectivity index (χ4v) is 1.71. The van der Waals surface area contributed by atoms with Crippen LogP contribution in [0.2, 0.25) is 0 Å². The van der Waals surface area contributed by atoms with Gasteiger partial charge in [-0.15, -0.1) is 12.3 Å². The minimum absolute atomic E-state index is 0.0948. The van der Waals surface area contributed by atoms with Crippen molar-refractivity contribution in [2.45, 2.75) is 39.2 Å². The van der Waals surface area contributed by atoms with Crippen molar-refractivity contribution in [2.24, 2.45) is 5.73 Å². The van der Waals surface area contributed by atoms with Gasteiger partial charge in [-0.05, 0) is 31.4 Å². The van der Waals surface area contributed by atoms with E-state index in [2.05, 4.69) is 12.8 Å². The first-order valence-corrected chi connectivity index (χ1v) is 6.75. The Labute approximate surface area is 116 Å². The van der Waals surface area contributed by atoms with Crippen LogP contribution >= 0.6 is 0 Å². The van der Waals surface area contributed by atoms with Gasteiger partial charge in [0.05, 0.1) is 13.2 Å². The number of ether oxygens (including phenoxy) is 2. The van der Waals surface area contributed by atoms with Crippen LogP contribution in [0.15, 0.2) is 18.2 Å². The lowest BCUT2D eigenvalue weighted by Crippen LogP contribution is -2.18. The Balaban J connectivity index is 2.80. The van der Waals surface area contributed by atoms with E-state index in [1.807, 2.05) is 25.1 Å². The number of rotatable bonds is 8. The second-order valence-electron chi connectivity index (χ2n) is 4.60. The Bertz CT molecular complexity index is 421. The Morgan fingerprint density at radius 2 is 2.11 bits per heavy atom. The quantitative estimate of drug-likeness (QED) is 0.578. The van der Waals surface area contributed by atoms with Crippen LogP contribution in [0.5, 0.6) is 11.5 Å². The van der Waals surface area contributed by atoms with Crippen molar-refractivity contribution in [3.05, 3.63) is 23.8 Å². The second kappa shape index (κ2) is 8.44. The second-order valence-corrected chi connectivity index (χ2v) is 4.60. The topological polar surface area (TPSA) is 44.5 Å². The predicted molar refractivity (Wildman–Crippen MR) is 78.5 cm³/mol. The standard InChI is InChI=1S/C16H23NO2/c1-4-6-10-19-16-12-15(18-9-5-2)8-7-14(16)11-13(3)17/h1,7-8,12-13H,5-6,9-11,17H2,2-3H3. The minimum atomic E-state index is 0.0948. The maximum absolute atomic E-state index is 5.85. The number of terminal acetylenes is 1. The largest absolute Gasteiger partial charge is 0.493 e. The van der Waals surface area contributed by atoms with Crippen LogP contribution < -0.4 is 15.2 Å². The monoisotopic (exact) mass is 261 g/mol. The van der Waals surface area contributed by atoms with E-state index in [0.29, 0.717) is 19.6 Å². The average Bonchev–Trinajstić information content (AvgIpc) is 2.38. The van der Waals surface area contributed by atoms with Crippen LogP contribution in [0.25, 0.3) is 0 Å². The molecule has 0 amide bonds. The SMILES string of the molecule is C#CCCOc1cc(OCCC)ccc1CC(C)N. The Kier molecular flexibility index (Phi) is 6.84. The lowest BCUT2D eigenvalue weighted by atomic mass is 10.1. The van der Waals surface area contributed by atoms with Gasteiger partial charge >= 0.3 is 0 Å². The molecule has 1 aromatic rings. The van der Waals surface area contributed by atoms with Gasteiger partial charge in [-0.3, -0.25) is 0 Å². The van der Waals surface area contributed by atoms with Gasteiger partial charge < -0.3 is 15.2 Å². The average molecular weight is 261 g/mol. The molecule has 3 heteroatoms. The molecule has 104 valence electrons. The number of hydrogen-bond donors (Lipinski definition) is 1. The molecule has 0 aromatic heterocycles. The summed E-state index contributed by atoms with van der Waals surface area (Å²) in [6.07, 6.45) is 7.59. The summed E-state index contributed by atoms with van der Waals surface area (Å²) in [5.74, 6) is 4.21. The first-order valence-electron chi connectivity index (χ1n) is 6.75. The lowest BCUT2D eigenvalue weighted by Gasteiger charge is -2.14. The summed E-state index contributed by atoms with van der Waals surface area (Å²) in [5.41, 5.74) is 6.94. The van der Waals surface area contributed by atoms with Crippen molar-refractivity contribution in [3.8, 4) is 23.8 Å². The molecule has 0 aliphatic carbocycles. The highest BCUT2D eigenvalue weighted by Crippen LogP contribution is 2.26. The summed E-state index contributed by atoms with van der Waals surface area (Å²) in [6, 6.07) is 5.99. The Morgan fingerprint density at radius 1 is 1.32 bits per heavy atom. The molecule has 0 bridgehead atoms. The van der Waals surface area contributed by atoms with Crippen molar-refractivity contribution >= 4 is 0 Å². The first-order chi connectivity index (χ1) is 9.17. The maximum atomic E-state index is 5.85. The van der Waals surface area contributed by atoms with Crippen molar-refractivity contribution in [1.29, 1.82) is 0 Å². The van der Waals surface area contributed by atoms with Crippen molar-refractivity contribution in [1.82, 2.24) is 0 Å². The molecule has 0 heterocycles. The molecule has 0 saturated heterocycles. The summed E-state index contributed by atoms with van der Waals surface area (Å²) in [7, 11) is 0. The van der Waals surface area contributed by atoms with Gasteiger partial charge in [0.15, 0.2) is 0 Å². The molecule has 3 nitrogen and oxygen atoms in total. The van der Waals surface area contributed by atoms with Crippen molar-refractivity contribution in [3.63, 3.8) is 0 Å². The highest BCUT2D eigenvalue weighted by atomic mass is 16.5. The molecule has 1 aromatic carbocycles. The van der Waals surface area contributed by atoms with E-state index >= 15 is 0 Å². The van der Waals surface area contributed by atoms with Gasteiger partial charge in [-0.1, -0.05) is 13.0 Å². The molecular weight excluding hydrogens is 238 g/mol. The van der Waals surface area contributed by atoms with Crippen LogP contribution in [0, 0.1) is 12.3 Å². The van der Waals surface area contributed by atoms with Gasteiger partial charge in [-0.25, -0.2) is 0 Å². The van der Waals surface area contributed by atoms with Crippen LogP contribution in [-0.2, 0) is 6.42 Å². The van der Waals surface area contributed by atoms with Crippen molar-refractivity contribution in [2.75, 3.05) is 13.2 Å². The van der Waals surface area contributed by atoms with Crippen LogP contribution in [0.3, 0.4) is 0 Å². The Morgan fingerprint density at radius 3 is 2.74 bits per heavy atom. The highest BCUT2D eigenvalue weighted by Gasteiger charge is 2.08. The van der Waals surface area contributed by atoms with E-state index in [1.54, 1.807) is 0 Å². The summed E-state index contributed by atoms with van der Waals surface area (Å²) < 4.78 is 11.3. The van der Waals surface area contributed by atoms with E-state index in [1.165, 1.54) is 0 Å². The smallest absolute Gasteiger partial charge is 0.126 e. The van der Waals surface area contributed by atoms with E-state index in [-0.39, 0.29) is 6.04 Å². The van der Waals surface area contributed by atoms with Gasteiger partial charge in [-0.2, -0.15) is 0 Å². The van der Waals surface area contributed by atoms with E-state index in [0.717, 1.165) is 29.9 Å². The molecule has 1 rings (SSSR count). The summed E-state index contributed by atoms with van der Waals surface area (Å²) >= 11 is 0. The van der Waals surface area contributed by atoms with Crippen LogP contribution in [-0.4, -0.2) is 19.3 Å². The fourth-order valence-electron chi connectivity index (χ4n) is 1.71. The zero-order valence-corrected chi connectivity index (χ0v) is 11.8. The van der Waals surface area contributed by atoms with Gasteiger partial charge in [0.25, 0.3) is 0 Å². The zero-order chi connectivity index (χ0) is 14.1. The summed E-state index contributed by atoms with van der Waals surface area (Å²) in [5, 5.41) is 0. The van der Waals surface area contributed by atoms with Gasteiger partial charge in [0.2, 0.25) is 0 Å². The van der Waals surface area contributed by atoms with Gasteiger partial charge in [0, 0.05) is 18.5 Å². The molecule has 0 aliphatic rings. The summed E-state index contributed by atoms with van der Waals surface area (Å²) in [4.78, 5) is 0. The number of nitrogens with two attached hydrogens (primary N) is 1. The molecule has 0 spiro atoms. The third kappa shape index (κ3) is 5.67. The molecule has 0 saturated carbocycles. The zero-order valence-electron chi connectivity index (χ0n) is 11.8. The molecule has 1 atom stereocenters. The predicted octanol–water partition coefficient (Wildman–Crippen LogP) is 2.77. The minimum Gasteiger partial charge on any atom is -0.493 e. The van der Waals surface area contributed by atoms with E-state index in [9.17, 15) is 0 Å². The molecule has 19 heavy (non-hydrogen) atoms. The van der Waals surface area contributed by atoms with E-state index < -0.39 is 0 Å². The summed E-state index contributed by atoms with van der Waals surface area (Å²) in [6.45, 7) is 5.28. The first kappa shape index (κ1) is 15.4. The highest BCUT2D eigenvalue weighted by molar-refractivity contribution is 5.41. The number of benzene rings is 1. The lowest BCUT2D eigenvalue weighted by molar-refractivity contribution is 0.303. The Hall–Kier alpha value is -1.66. The normalized spacial score (nSPS) is 11.7. The molecule has 0 aliphatic heterocycles. The third-order valence-corrected chi connectivity index (χ3v) is 2.56.